The van der Waals surface area contributed by atoms with Gasteiger partial charge in [-0.1, -0.05) is 30.3 Å². The second-order valence-electron chi connectivity index (χ2n) is 6.75. The van der Waals surface area contributed by atoms with Gasteiger partial charge in [-0.3, -0.25) is 4.90 Å². The van der Waals surface area contributed by atoms with Crippen molar-refractivity contribution >= 4 is 24.8 Å². The molecule has 0 N–H and O–H groups in total. The number of fused-ring (bicyclic) bond motifs is 1. The zero-order valence-corrected chi connectivity index (χ0v) is 17.4. The van der Waals surface area contributed by atoms with Gasteiger partial charge in [0.25, 0.3) is 0 Å². The van der Waals surface area contributed by atoms with E-state index in [0.717, 1.165) is 24.7 Å². The number of halogens is 5. The number of ether oxygens (including phenoxy) is 1. The minimum atomic E-state index is -4.38. The van der Waals surface area contributed by atoms with Gasteiger partial charge in [0.05, 0.1) is 11.6 Å². The first kappa shape index (κ1) is 24.6. The average Bonchev–Trinajstić information content (AvgIpc) is 2.78. The van der Waals surface area contributed by atoms with Gasteiger partial charge >= 0.3 is 6.18 Å². The standard InChI is InChI=1S/C20H23F3N2O.2ClH/c1-24(2)10-11-25-12-13-26-18-9-8-16(20(21,22)23)14-17(18)19(25)15-6-4-3-5-7-15;;/h3-9,14,19H,10-13H2,1-2H3;2*1H. The molecule has 3 rings (SSSR count). The van der Waals surface area contributed by atoms with Crippen molar-refractivity contribution in [1.29, 1.82) is 0 Å². The topological polar surface area (TPSA) is 15.7 Å². The van der Waals surface area contributed by atoms with Crippen LogP contribution in [0.2, 0.25) is 0 Å². The largest absolute Gasteiger partial charge is 0.492 e. The van der Waals surface area contributed by atoms with Crippen molar-refractivity contribution in [3.05, 3.63) is 65.2 Å². The van der Waals surface area contributed by atoms with Crippen molar-refractivity contribution < 1.29 is 17.9 Å². The quantitative estimate of drug-likeness (QED) is 0.677. The molecule has 0 radical (unpaired) electrons. The number of nitrogens with zero attached hydrogens (tertiary/aromatic N) is 2. The van der Waals surface area contributed by atoms with E-state index in [-0.39, 0.29) is 30.9 Å². The van der Waals surface area contributed by atoms with Gasteiger partial charge in [0.15, 0.2) is 0 Å². The molecule has 1 heterocycles. The van der Waals surface area contributed by atoms with Crippen LogP contribution in [0.1, 0.15) is 22.7 Å². The molecule has 1 unspecified atom stereocenters. The molecule has 0 saturated heterocycles. The SMILES string of the molecule is CN(C)CCN1CCOc2ccc(C(F)(F)F)cc2C1c1ccccc1.Cl.Cl. The third-order valence-electron chi connectivity index (χ3n) is 4.58. The van der Waals surface area contributed by atoms with Gasteiger partial charge < -0.3 is 9.64 Å². The summed E-state index contributed by atoms with van der Waals surface area (Å²) in [7, 11) is 3.98. The summed E-state index contributed by atoms with van der Waals surface area (Å²) >= 11 is 0. The molecule has 0 aromatic heterocycles. The van der Waals surface area contributed by atoms with Crippen LogP contribution in [0, 0.1) is 0 Å². The molecule has 0 spiro atoms. The molecule has 156 valence electrons. The molecule has 0 saturated carbocycles. The van der Waals surface area contributed by atoms with Crippen LogP contribution in [0.4, 0.5) is 13.2 Å². The number of hydrogen-bond acceptors (Lipinski definition) is 3. The normalized spacial score (nSPS) is 17.0. The van der Waals surface area contributed by atoms with Crippen molar-refractivity contribution in [3.63, 3.8) is 0 Å². The van der Waals surface area contributed by atoms with Crippen molar-refractivity contribution in [3.8, 4) is 5.75 Å². The molecular weight excluding hydrogens is 412 g/mol. The first-order valence-electron chi connectivity index (χ1n) is 8.64. The Kier molecular flexibility index (Phi) is 9.08. The van der Waals surface area contributed by atoms with E-state index >= 15 is 0 Å². The van der Waals surface area contributed by atoms with E-state index in [0.29, 0.717) is 24.5 Å². The van der Waals surface area contributed by atoms with E-state index in [1.54, 1.807) is 0 Å². The third kappa shape index (κ3) is 5.77. The molecule has 8 heteroatoms. The lowest BCUT2D eigenvalue weighted by Crippen LogP contribution is -2.36. The summed E-state index contributed by atoms with van der Waals surface area (Å²) in [5.41, 5.74) is 0.898. The highest BCUT2D eigenvalue weighted by molar-refractivity contribution is 5.85. The van der Waals surface area contributed by atoms with Gasteiger partial charge in [0.1, 0.15) is 12.4 Å². The molecule has 1 aliphatic heterocycles. The van der Waals surface area contributed by atoms with Crippen LogP contribution in [0.5, 0.6) is 5.75 Å². The summed E-state index contributed by atoms with van der Waals surface area (Å²) in [6.07, 6.45) is -4.38. The van der Waals surface area contributed by atoms with E-state index < -0.39 is 11.7 Å². The van der Waals surface area contributed by atoms with Gasteiger partial charge in [0.2, 0.25) is 0 Å². The molecule has 0 bridgehead atoms. The number of alkyl halides is 3. The predicted molar refractivity (Wildman–Crippen MR) is 110 cm³/mol. The summed E-state index contributed by atoms with van der Waals surface area (Å²) < 4.78 is 45.6. The molecular formula is C20H25Cl2F3N2O. The fourth-order valence-corrected chi connectivity index (χ4v) is 3.26. The zero-order chi connectivity index (χ0) is 18.7. The smallest absolute Gasteiger partial charge is 0.416 e. The van der Waals surface area contributed by atoms with Gasteiger partial charge in [-0.25, -0.2) is 0 Å². The van der Waals surface area contributed by atoms with Crippen LogP contribution in [-0.2, 0) is 6.18 Å². The van der Waals surface area contributed by atoms with Crippen molar-refractivity contribution in [2.75, 3.05) is 40.3 Å². The molecule has 2 aromatic rings. The molecule has 2 aromatic carbocycles. The number of hydrogen-bond donors (Lipinski definition) is 0. The van der Waals surface area contributed by atoms with E-state index in [1.807, 2.05) is 44.4 Å². The van der Waals surface area contributed by atoms with Crippen LogP contribution in [0.15, 0.2) is 48.5 Å². The maximum Gasteiger partial charge on any atom is 0.416 e. The lowest BCUT2D eigenvalue weighted by Gasteiger charge is -2.31. The number of likely N-dealkylation sites (N-methyl/N-ethyl adjacent to an activating group) is 1. The van der Waals surface area contributed by atoms with Crippen LogP contribution in [0.3, 0.4) is 0 Å². The lowest BCUT2D eigenvalue weighted by molar-refractivity contribution is -0.137. The Balaban J connectivity index is 0.00000196. The molecule has 3 nitrogen and oxygen atoms in total. The summed E-state index contributed by atoms with van der Waals surface area (Å²) in [6.45, 7) is 2.67. The lowest BCUT2D eigenvalue weighted by atomic mass is 9.94. The van der Waals surface area contributed by atoms with Gasteiger partial charge in [-0.15, -0.1) is 24.8 Å². The first-order valence-corrected chi connectivity index (χ1v) is 8.64. The summed E-state index contributed by atoms with van der Waals surface area (Å²) in [6, 6.07) is 13.2. The average molecular weight is 437 g/mol. The minimum absolute atomic E-state index is 0. The molecule has 1 aliphatic rings. The third-order valence-corrected chi connectivity index (χ3v) is 4.58. The van der Waals surface area contributed by atoms with Crippen LogP contribution < -0.4 is 4.74 Å². The molecule has 0 amide bonds. The molecule has 28 heavy (non-hydrogen) atoms. The van der Waals surface area contributed by atoms with E-state index in [2.05, 4.69) is 9.80 Å². The minimum Gasteiger partial charge on any atom is -0.492 e. The Hall–Kier alpha value is -1.47. The maximum atomic E-state index is 13.3. The molecule has 1 atom stereocenters. The molecule has 0 fully saturated rings. The molecule has 0 aliphatic carbocycles. The van der Waals surface area contributed by atoms with Crippen molar-refractivity contribution in [2.45, 2.75) is 12.2 Å². The predicted octanol–water partition coefficient (Wildman–Crippen LogP) is 4.89. The van der Waals surface area contributed by atoms with E-state index in [4.69, 9.17) is 4.74 Å². The van der Waals surface area contributed by atoms with Crippen LogP contribution in [0.25, 0.3) is 0 Å². The fourth-order valence-electron chi connectivity index (χ4n) is 3.26. The van der Waals surface area contributed by atoms with Crippen molar-refractivity contribution in [2.24, 2.45) is 0 Å². The Morgan fingerprint density at radius 3 is 2.36 bits per heavy atom. The van der Waals surface area contributed by atoms with E-state index in [1.165, 1.54) is 12.1 Å². The Bertz CT molecular complexity index is 742. The zero-order valence-electron chi connectivity index (χ0n) is 15.8. The highest BCUT2D eigenvalue weighted by Crippen LogP contribution is 2.40. The summed E-state index contributed by atoms with van der Waals surface area (Å²) in [4.78, 5) is 4.27. The van der Waals surface area contributed by atoms with Crippen LogP contribution in [-0.4, -0.2) is 50.1 Å². The second-order valence-corrected chi connectivity index (χ2v) is 6.75. The summed E-state index contributed by atoms with van der Waals surface area (Å²) in [5.74, 6) is 0.527. The number of rotatable bonds is 4. The fraction of sp³-hybridized carbons (Fsp3) is 0.400. The van der Waals surface area contributed by atoms with Crippen molar-refractivity contribution in [1.82, 2.24) is 9.80 Å². The highest BCUT2D eigenvalue weighted by Gasteiger charge is 2.34. The van der Waals surface area contributed by atoms with E-state index in [9.17, 15) is 13.2 Å². The summed E-state index contributed by atoms with van der Waals surface area (Å²) in [5, 5.41) is 0. The maximum absolute atomic E-state index is 13.3. The van der Waals surface area contributed by atoms with Gasteiger partial charge in [0, 0.05) is 25.2 Å². The van der Waals surface area contributed by atoms with Crippen LogP contribution >= 0.6 is 24.8 Å². The second kappa shape index (κ2) is 10.3. The first-order chi connectivity index (χ1) is 12.4. The highest BCUT2D eigenvalue weighted by atomic mass is 35.5. The van der Waals surface area contributed by atoms with Gasteiger partial charge in [-0.05, 0) is 37.9 Å². The Labute approximate surface area is 176 Å². The number of benzene rings is 2. The Morgan fingerprint density at radius 2 is 1.75 bits per heavy atom. The monoisotopic (exact) mass is 436 g/mol. The Morgan fingerprint density at radius 1 is 1.07 bits per heavy atom. The van der Waals surface area contributed by atoms with Gasteiger partial charge in [-0.2, -0.15) is 13.2 Å².